The number of likely N-dealkylation sites (N-methyl/N-ethyl adjacent to an activating group) is 1. The van der Waals surface area contributed by atoms with E-state index in [1.165, 1.54) is 36.0 Å². The molecular weight excluding hydrogens is 575 g/mol. The van der Waals surface area contributed by atoms with E-state index in [-0.39, 0.29) is 23.9 Å². The molecule has 1 amide bonds. The summed E-state index contributed by atoms with van der Waals surface area (Å²) in [5.41, 5.74) is 2.09. The second-order valence-electron chi connectivity index (χ2n) is 8.09. The number of aromatic carboxylic acids is 1. The predicted molar refractivity (Wildman–Crippen MR) is 149 cm³/mol. The minimum atomic E-state index is -1.05. The topological polar surface area (TPSA) is 88.4 Å². The average Bonchev–Trinajstić information content (AvgIpc) is 3.18. The number of carbonyl (C=O) groups is 2. The molecule has 0 aromatic heterocycles. The number of halogens is 2. The van der Waals surface area contributed by atoms with E-state index in [0.29, 0.717) is 44.9 Å². The highest BCUT2D eigenvalue weighted by molar-refractivity contribution is 9.10. The van der Waals surface area contributed by atoms with Gasteiger partial charge in [-0.15, -0.1) is 0 Å². The van der Waals surface area contributed by atoms with Crippen LogP contribution in [0.3, 0.4) is 0 Å². The van der Waals surface area contributed by atoms with E-state index in [9.17, 15) is 19.1 Å². The number of hydrogen-bond acceptors (Lipinski definition) is 6. The molecule has 0 unspecified atom stereocenters. The third kappa shape index (κ3) is 6.43. The molecular formula is C28H24BrFN2O5S. The lowest BCUT2D eigenvalue weighted by atomic mass is 10.1. The van der Waals surface area contributed by atoms with Crippen LogP contribution in [-0.2, 0) is 11.4 Å². The summed E-state index contributed by atoms with van der Waals surface area (Å²) in [6.45, 7) is 4.75. The second-order valence-corrected chi connectivity index (χ2v) is 9.95. The van der Waals surface area contributed by atoms with Gasteiger partial charge in [-0.3, -0.25) is 9.69 Å². The zero-order valence-corrected chi connectivity index (χ0v) is 23.0. The largest absolute Gasteiger partial charge is 0.490 e. The van der Waals surface area contributed by atoms with Gasteiger partial charge in [-0.25, -0.2) is 14.2 Å². The maximum Gasteiger partial charge on any atom is 0.335 e. The third-order valence-corrected chi connectivity index (χ3v) is 7.04. The first-order chi connectivity index (χ1) is 18.3. The molecule has 196 valence electrons. The van der Waals surface area contributed by atoms with Gasteiger partial charge in [-0.1, -0.05) is 18.2 Å². The van der Waals surface area contributed by atoms with Crippen molar-refractivity contribution in [2.75, 3.05) is 13.2 Å². The van der Waals surface area contributed by atoms with E-state index in [4.69, 9.17) is 9.47 Å². The molecule has 0 radical (unpaired) electrons. The number of nitrogens with zero attached hydrogens (tertiary/aromatic N) is 2. The van der Waals surface area contributed by atoms with Gasteiger partial charge in [0.1, 0.15) is 12.4 Å². The highest BCUT2D eigenvalue weighted by Crippen LogP contribution is 2.40. The number of ether oxygens (including phenoxy) is 2. The molecule has 0 saturated carbocycles. The van der Waals surface area contributed by atoms with E-state index in [0.717, 1.165) is 11.1 Å². The maximum absolute atomic E-state index is 13.2. The molecule has 3 aromatic carbocycles. The van der Waals surface area contributed by atoms with Gasteiger partial charge >= 0.3 is 5.97 Å². The van der Waals surface area contributed by atoms with Crippen LogP contribution in [0.4, 0.5) is 10.1 Å². The molecule has 1 N–H and O–H groups in total. The third-order valence-electron chi connectivity index (χ3n) is 5.45. The van der Waals surface area contributed by atoms with Crippen LogP contribution < -0.4 is 9.47 Å². The van der Waals surface area contributed by atoms with Gasteiger partial charge < -0.3 is 14.6 Å². The van der Waals surface area contributed by atoms with Gasteiger partial charge in [0, 0.05) is 6.54 Å². The Balaban J connectivity index is 1.61. The van der Waals surface area contributed by atoms with Gasteiger partial charge in [-0.05, 0) is 101 Å². The van der Waals surface area contributed by atoms with Crippen LogP contribution in [0.2, 0.25) is 0 Å². The Morgan fingerprint density at radius 1 is 1.13 bits per heavy atom. The fourth-order valence-corrected chi connectivity index (χ4v) is 5.29. The van der Waals surface area contributed by atoms with E-state index in [1.807, 2.05) is 19.9 Å². The van der Waals surface area contributed by atoms with Crippen LogP contribution in [0.5, 0.6) is 11.5 Å². The lowest BCUT2D eigenvalue weighted by molar-refractivity contribution is -0.122. The number of carboxylic acid groups (broad SMARTS) is 1. The molecule has 4 rings (SSSR count). The molecule has 0 spiro atoms. The fraction of sp³-hybridized carbons (Fsp3) is 0.179. The summed E-state index contributed by atoms with van der Waals surface area (Å²) in [5, 5.41) is 9.72. The molecule has 3 aromatic rings. The number of thioether (sulfide) groups is 1. The van der Waals surface area contributed by atoms with E-state index in [1.54, 1.807) is 41.3 Å². The molecule has 1 saturated heterocycles. The minimum absolute atomic E-state index is 0.120. The van der Waals surface area contributed by atoms with Crippen LogP contribution in [0, 0.1) is 5.82 Å². The summed E-state index contributed by atoms with van der Waals surface area (Å²) in [7, 11) is 0. The number of carbonyl (C=O) groups excluding carboxylic acids is 1. The monoisotopic (exact) mass is 598 g/mol. The number of amidine groups is 1. The van der Waals surface area contributed by atoms with Crippen LogP contribution in [0.1, 0.15) is 35.3 Å². The number of amides is 1. The zero-order chi connectivity index (χ0) is 27.2. The Morgan fingerprint density at radius 3 is 2.58 bits per heavy atom. The minimum Gasteiger partial charge on any atom is -0.490 e. The molecule has 7 nitrogen and oxygen atoms in total. The normalized spacial score (nSPS) is 15.4. The lowest BCUT2D eigenvalue weighted by Crippen LogP contribution is -2.28. The molecule has 0 bridgehead atoms. The maximum atomic E-state index is 13.2. The van der Waals surface area contributed by atoms with Gasteiger partial charge in [0.05, 0.1) is 27.2 Å². The smallest absolute Gasteiger partial charge is 0.335 e. The molecule has 1 aliphatic heterocycles. The van der Waals surface area contributed by atoms with Gasteiger partial charge in [0.15, 0.2) is 16.7 Å². The Kier molecular flexibility index (Phi) is 8.85. The fourth-order valence-electron chi connectivity index (χ4n) is 3.65. The number of hydrogen-bond donors (Lipinski definition) is 1. The van der Waals surface area contributed by atoms with Gasteiger partial charge in [0.25, 0.3) is 5.91 Å². The summed E-state index contributed by atoms with van der Waals surface area (Å²) in [6, 6.07) is 15.9. The molecule has 10 heteroatoms. The van der Waals surface area contributed by atoms with Crippen molar-refractivity contribution in [3.63, 3.8) is 0 Å². The first-order valence-electron chi connectivity index (χ1n) is 11.8. The van der Waals surface area contributed by atoms with Crippen molar-refractivity contribution < 1.29 is 28.6 Å². The molecule has 38 heavy (non-hydrogen) atoms. The van der Waals surface area contributed by atoms with Crippen LogP contribution in [-0.4, -0.2) is 40.2 Å². The zero-order valence-electron chi connectivity index (χ0n) is 20.6. The molecule has 1 aliphatic rings. The highest BCUT2D eigenvalue weighted by Gasteiger charge is 2.32. The lowest BCUT2D eigenvalue weighted by Gasteiger charge is -2.15. The van der Waals surface area contributed by atoms with Crippen molar-refractivity contribution in [1.82, 2.24) is 4.90 Å². The van der Waals surface area contributed by atoms with Crippen molar-refractivity contribution in [3.8, 4) is 11.5 Å². The van der Waals surface area contributed by atoms with Crippen LogP contribution in [0.25, 0.3) is 6.08 Å². The summed E-state index contributed by atoms with van der Waals surface area (Å²) >= 11 is 4.77. The van der Waals surface area contributed by atoms with Crippen molar-refractivity contribution >= 4 is 56.5 Å². The van der Waals surface area contributed by atoms with Crippen molar-refractivity contribution in [2.45, 2.75) is 20.5 Å². The first-order valence-corrected chi connectivity index (χ1v) is 13.4. The van der Waals surface area contributed by atoms with E-state index < -0.39 is 5.97 Å². The Labute approximate surface area is 232 Å². The Morgan fingerprint density at radius 2 is 1.89 bits per heavy atom. The standard InChI is InChI=1S/C28H24BrFN2O5S/c1-3-32-26(33)24(38-28(32)31-21-7-5-6-19(15-21)27(34)35)14-18-12-22(29)25(23(13-18)36-4-2)37-16-17-8-10-20(30)11-9-17/h5-15H,3-4,16H2,1-2H3,(H,34,35)/b24-14-,31-28?. The summed E-state index contributed by atoms with van der Waals surface area (Å²) in [4.78, 5) is 31.0. The molecule has 1 heterocycles. The quantitative estimate of drug-likeness (QED) is 0.270. The number of rotatable bonds is 9. The van der Waals surface area contributed by atoms with E-state index in [2.05, 4.69) is 20.9 Å². The van der Waals surface area contributed by atoms with Gasteiger partial charge in [0.2, 0.25) is 0 Å². The van der Waals surface area contributed by atoms with Crippen molar-refractivity contribution in [2.24, 2.45) is 4.99 Å². The Hall–Kier alpha value is -3.63. The number of carboxylic acids is 1. The van der Waals surface area contributed by atoms with Crippen molar-refractivity contribution in [3.05, 3.63) is 92.5 Å². The van der Waals surface area contributed by atoms with Crippen molar-refractivity contribution in [1.29, 1.82) is 0 Å². The summed E-state index contributed by atoms with van der Waals surface area (Å²) < 4.78 is 25.6. The van der Waals surface area contributed by atoms with Crippen LogP contribution >= 0.6 is 27.7 Å². The predicted octanol–water partition coefficient (Wildman–Crippen LogP) is 6.89. The first kappa shape index (κ1) is 27.4. The average molecular weight is 599 g/mol. The molecule has 0 atom stereocenters. The van der Waals surface area contributed by atoms with Gasteiger partial charge in [-0.2, -0.15) is 0 Å². The highest BCUT2D eigenvalue weighted by atomic mass is 79.9. The number of benzene rings is 3. The summed E-state index contributed by atoms with van der Waals surface area (Å²) in [5.74, 6) is -0.560. The molecule has 1 fully saturated rings. The number of aliphatic imine (C=N–C) groups is 1. The van der Waals surface area contributed by atoms with E-state index >= 15 is 0 Å². The SMILES string of the molecule is CCOc1cc(/C=C2\SC(=Nc3cccc(C(=O)O)c3)N(CC)C2=O)cc(Br)c1OCc1ccc(F)cc1. The molecule has 0 aliphatic carbocycles. The summed E-state index contributed by atoms with van der Waals surface area (Å²) in [6.07, 6.45) is 1.75. The van der Waals surface area contributed by atoms with Crippen LogP contribution in [0.15, 0.2) is 75.0 Å². The Bertz CT molecular complexity index is 1430. The second kappa shape index (κ2) is 12.3.